The van der Waals surface area contributed by atoms with Crippen LogP contribution < -0.4 is 5.32 Å². The fourth-order valence-corrected chi connectivity index (χ4v) is 2.95. The minimum Gasteiger partial charge on any atom is -0.351 e. The van der Waals surface area contributed by atoms with Crippen molar-refractivity contribution < 1.29 is 4.79 Å². The van der Waals surface area contributed by atoms with Gasteiger partial charge in [0.2, 0.25) is 5.91 Å². The number of hydrogen-bond acceptors (Lipinski definition) is 1. The molecule has 1 unspecified atom stereocenters. The van der Waals surface area contributed by atoms with Crippen molar-refractivity contribution in [3.63, 3.8) is 0 Å². The Labute approximate surface area is 125 Å². The first-order chi connectivity index (χ1) is 9.00. The highest BCUT2D eigenvalue weighted by molar-refractivity contribution is 9.09. The Hall–Kier alpha value is -0.830. The molecule has 0 aromatic heterocycles. The van der Waals surface area contributed by atoms with Gasteiger partial charge in [-0.2, -0.15) is 0 Å². The second-order valence-electron chi connectivity index (χ2n) is 5.33. The molecule has 0 saturated heterocycles. The molecule has 3 heteroatoms. The Balaban J connectivity index is 2.50. The van der Waals surface area contributed by atoms with E-state index in [4.69, 9.17) is 0 Å². The molecule has 1 atom stereocenters. The second-order valence-corrected chi connectivity index (χ2v) is 6.12. The van der Waals surface area contributed by atoms with Gasteiger partial charge in [0.15, 0.2) is 0 Å². The summed E-state index contributed by atoms with van der Waals surface area (Å²) in [5.41, 5.74) is 2.43. The van der Waals surface area contributed by atoms with Gasteiger partial charge in [0, 0.05) is 17.3 Å². The summed E-state index contributed by atoms with van der Waals surface area (Å²) in [5, 5.41) is 4.08. The van der Waals surface area contributed by atoms with Gasteiger partial charge in [0.25, 0.3) is 0 Å². The van der Waals surface area contributed by atoms with E-state index in [0.717, 1.165) is 24.6 Å². The van der Waals surface area contributed by atoms with E-state index >= 15 is 0 Å². The SMILES string of the molecule is CCC(C)(CCBr)NC(=O)CCc1ccccc1C. The maximum absolute atomic E-state index is 12.1. The number of aryl methyl sites for hydroxylation is 2. The molecule has 1 aromatic rings. The molecule has 0 heterocycles. The van der Waals surface area contributed by atoms with Crippen molar-refractivity contribution in [3.05, 3.63) is 35.4 Å². The molecule has 0 aliphatic rings. The minimum absolute atomic E-state index is 0.0910. The van der Waals surface area contributed by atoms with Gasteiger partial charge in [0.1, 0.15) is 0 Å². The van der Waals surface area contributed by atoms with Gasteiger partial charge in [-0.3, -0.25) is 4.79 Å². The van der Waals surface area contributed by atoms with Crippen molar-refractivity contribution in [2.75, 3.05) is 5.33 Å². The van der Waals surface area contributed by atoms with Gasteiger partial charge >= 0.3 is 0 Å². The molecular weight excluding hydrogens is 302 g/mol. The van der Waals surface area contributed by atoms with Gasteiger partial charge < -0.3 is 5.32 Å². The van der Waals surface area contributed by atoms with Gasteiger partial charge in [-0.05, 0) is 44.2 Å². The fourth-order valence-electron chi connectivity index (χ4n) is 2.07. The molecule has 1 amide bonds. The molecule has 0 bridgehead atoms. The summed E-state index contributed by atoms with van der Waals surface area (Å²) in [6.45, 7) is 6.32. The van der Waals surface area contributed by atoms with E-state index in [9.17, 15) is 4.79 Å². The summed E-state index contributed by atoms with van der Waals surface area (Å²) < 4.78 is 0. The molecule has 0 radical (unpaired) electrons. The maximum atomic E-state index is 12.1. The first kappa shape index (κ1) is 16.2. The lowest BCUT2D eigenvalue weighted by atomic mass is 9.95. The van der Waals surface area contributed by atoms with Crippen LogP contribution in [0.4, 0.5) is 0 Å². The molecule has 0 aliphatic heterocycles. The Morgan fingerprint density at radius 3 is 2.63 bits per heavy atom. The number of halogens is 1. The third-order valence-electron chi connectivity index (χ3n) is 3.75. The number of carbonyl (C=O) groups excluding carboxylic acids is 1. The predicted molar refractivity (Wildman–Crippen MR) is 84.7 cm³/mol. The van der Waals surface area contributed by atoms with Crippen molar-refractivity contribution in [1.29, 1.82) is 0 Å². The molecule has 2 nitrogen and oxygen atoms in total. The van der Waals surface area contributed by atoms with Crippen LogP contribution in [0.1, 0.15) is 44.2 Å². The van der Waals surface area contributed by atoms with E-state index in [-0.39, 0.29) is 11.4 Å². The summed E-state index contributed by atoms with van der Waals surface area (Å²) in [5.74, 6) is 0.147. The standard InChI is InChI=1S/C16H24BrNO/c1-4-16(3,11-12-17)18-15(19)10-9-14-8-6-5-7-13(14)2/h5-8H,4,9-12H2,1-3H3,(H,18,19). The zero-order chi connectivity index (χ0) is 14.3. The Morgan fingerprint density at radius 2 is 2.05 bits per heavy atom. The summed E-state index contributed by atoms with van der Waals surface area (Å²) in [4.78, 5) is 12.1. The smallest absolute Gasteiger partial charge is 0.220 e. The van der Waals surface area contributed by atoms with Gasteiger partial charge in [0.05, 0.1) is 0 Å². The maximum Gasteiger partial charge on any atom is 0.220 e. The summed E-state index contributed by atoms with van der Waals surface area (Å²) >= 11 is 3.45. The molecule has 1 rings (SSSR count). The second kappa shape index (κ2) is 7.68. The van der Waals surface area contributed by atoms with Crippen LogP contribution in [-0.4, -0.2) is 16.8 Å². The normalized spacial score (nSPS) is 13.9. The molecule has 1 N–H and O–H groups in total. The molecule has 0 saturated carbocycles. The topological polar surface area (TPSA) is 29.1 Å². The van der Waals surface area contributed by atoms with Crippen molar-refractivity contribution in [3.8, 4) is 0 Å². The van der Waals surface area contributed by atoms with Crippen molar-refractivity contribution in [2.24, 2.45) is 0 Å². The van der Waals surface area contributed by atoms with Crippen LogP contribution in [0.25, 0.3) is 0 Å². The molecule has 0 aliphatic carbocycles. The van der Waals surface area contributed by atoms with E-state index in [1.54, 1.807) is 0 Å². The number of benzene rings is 1. The van der Waals surface area contributed by atoms with Crippen LogP contribution in [-0.2, 0) is 11.2 Å². The highest BCUT2D eigenvalue weighted by Crippen LogP contribution is 2.16. The van der Waals surface area contributed by atoms with Gasteiger partial charge in [-0.25, -0.2) is 0 Å². The fraction of sp³-hybridized carbons (Fsp3) is 0.562. The molecule has 0 spiro atoms. The molecular formula is C16H24BrNO. The van der Waals surface area contributed by atoms with E-state index < -0.39 is 0 Å². The summed E-state index contributed by atoms with van der Waals surface area (Å²) in [6, 6.07) is 8.25. The molecule has 0 fully saturated rings. The Kier molecular flexibility index (Phi) is 6.56. The lowest BCUT2D eigenvalue weighted by molar-refractivity contribution is -0.122. The third-order valence-corrected chi connectivity index (χ3v) is 4.15. The highest BCUT2D eigenvalue weighted by atomic mass is 79.9. The number of amides is 1. The average Bonchev–Trinajstić information content (AvgIpc) is 2.38. The molecule has 1 aromatic carbocycles. The number of carbonyl (C=O) groups is 1. The molecule has 19 heavy (non-hydrogen) atoms. The van der Waals surface area contributed by atoms with Crippen LogP contribution in [0, 0.1) is 6.92 Å². The first-order valence-corrected chi connectivity index (χ1v) is 8.04. The number of rotatable bonds is 7. The van der Waals surface area contributed by atoms with Crippen LogP contribution >= 0.6 is 15.9 Å². The van der Waals surface area contributed by atoms with E-state index in [2.05, 4.69) is 54.2 Å². The van der Waals surface area contributed by atoms with Crippen LogP contribution in [0.15, 0.2) is 24.3 Å². The molecule has 106 valence electrons. The monoisotopic (exact) mass is 325 g/mol. The minimum atomic E-state index is -0.0910. The van der Waals surface area contributed by atoms with E-state index in [0.29, 0.717) is 6.42 Å². The van der Waals surface area contributed by atoms with Gasteiger partial charge in [-0.1, -0.05) is 47.1 Å². The number of alkyl halides is 1. The lowest BCUT2D eigenvalue weighted by Crippen LogP contribution is -2.45. The summed E-state index contributed by atoms with van der Waals surface area (Å²) in [7, 11) is 0. The van der Waals surface area contributed by atoms with Crippen LogP contribution in [0.5, 0.6) is 0 Å². The van der Waals surface area contributed by atoms with Crippen molar-refractivity contribution in [1.82, 2.24) is 5.32 Å². The Bertz CT molecular complexity index is 419. The largest absolute Gasteiger partial charge is 0.351 e. The average molecular weight is 326 g/mol. The van der Waals surface area contributed by atoms with Crippen LogP contribution in [0.3, 0.4) is 0 Å². The first-order valence-electron chi connectivity index (χ1n) is 6.92. The Morgan fingerprint density at radius 1 is 1.37 bits per heavy atom. The quantitative estimate of drug-likeness (QED) is 0.754. The summed E-state index contributed by atoms with van der Waals surface area (Å²) in [6.07, 6.45) is 3.28. The van der Waals surface area contributed by atoms with Gasteiger partial charge in [-0.15, -0.1) is 0 Å². The highest BCUT2D eigenvalue weighted by Gasteiger charge is 2.23. The van der Waals surface area contributed by atoms with Crippen molar-refractivity contribution >= 4 is 21.8 Å². The number of nitrogens with one attached hydrogen (secondary N) is 1. The third kappa shape index (κ3) is 5.35. The van der Waals surface area contributed by atoms with Crippen molar-refractivity contribution in [2.45, 2.75) is 52.0 Å². The van der Waals surface area contributed by atoms with E-state index in [1.165, 1.54) is 11.1 Å². The van der Waals surface area contributed by atoms with Crippen LogP contribution in [0.2, 0.25) is 0 Å². The predicted octanol–water partition coefficient (Wildman–Crippen LogP) is 4.00. The number of hydrogen-bond donors (Lipinski definition) is 1. The lowest BCUT2D eigenvalue weighted by Gasteiger charge is -2.29. The zero-order valence-electron chi connectivity index (χ0n) is 12.1. The van der Waals surface area contributed by atoms with E-state index in [1.807, 2.05) is 12.1 Å². The zero-order valence-corrected chi connectivity index (χ0v) is 13.7.